The van der Waals surface area contributed by atoms with Gasteiger partial charge in [0.15, 0.2) is 5.78 Å². The van der Waals surface area contributed by atoms with Gasteiger partial charge in [0.2, 0.25) is 0 Å². The molecule has 1 N–H and O–H groups in total. The molecule has 100 valence electrons. The van der Waals surface area contributed by atoms with E-state index in [-0.39, 0.29) is 5.78 Å². The molecule has 0 saturated carbocycles. The fourth-order valence-corrected chi connectivity index (χ4v) is 1.87. The van der Waals surface area contributed by atoms with Crippen molar-refractivity contribution >= 4 is 5.78 Å². The Morgan fingerprint density at radius 3 is 2.39 bits per heavy atom. The van der Waals surface area contributed by atoms with Gasteiger partial charge in [-0.2, -0.15) is 0 Å². The van der Waals surface area contributed by atoms with E-state index in [1.807, 2.05) is 39.0 Å². The number of benzene rings is 1. The first kappa shape index (κ1) is 14.9. The fraction of sp³-hybridized carbons (Fsp3) is 0.562. The summed E-state index contributed by atoms with van der Waals surface area (Å²) in [6.07, 6.45) is -0.000913. The van der Waals surface area contributed by atoms with Crippen LogP contribution in [0.4, 0.5) is 0 Å². The maximum atomic E-state index is 12.2. The summed E-state index contributed by atoms with van der Waals surface area (Å²) in [5.74, 6) is 0.371. The molecule has 1 atom stereocenters. The molecule has 2 nitrogen and oxygen atoms in total. The molecular formula is C16H24O2. The van der Waals surface area contributed by atoms with Crippen molar-refractivity contribution in [1.29, 1.82) is 0 Å². The third-order valence-electron chi connectivity index (χ3n) is 2.92. The Morgan fingerprint density at radius 2 is 1.89 bits per heavy atom. The Kier molecular flexibility index (Phi) is 4.69. The zero-order valence-electron chi connectivity index (χ0n) is 12.0. The van der Waals surface area contributed by atoms with E-state index in [2.05, 4.69) is 13.8 Å². The van der Waals surface area contributed by atoms with E-state index in [4.69, 9.17) is 0 Å². The number of hydrogen-bond donors (Lipinski definition) is 1. The molecule has 0 aromatic heterocycles. The zero-order valence-corrected chi connectivity index (χ0v) is 12.0. The first-order valence-corrected chi connectivity index (χ1v) is 6.53. The molecule has 0 heterocycles. The topological polar surface area (TPSA) is 37.3 Å². The molecule has 0 aliphatic carbocycles. The van der Waals surface area contributed by atoms with Gasteiger partial charge in [0.25, 0.3) is 0 Å². The Hall–Kier alpha value is -1.15. The molecule has 1 aromatic rings. The van der Waals surface area contributed by atoms with E-state index < -0.39 is 11.5 Å². The van der Waals surface area contributed by atoms with Crippen LogP contribution in [0.15, 0.2) is 24.3 Å². The maximum Gasteiger partial charge on any atom is 0.191 e. The number of rotatable bonds is 4. The second kappa shape index (κ2) is 5.66. The highest BCUT2D eigenvalue weighted by Crippen LogP contribution is 2.23. The van der Waals surface area contributed by atoms with Gasteiger partial charge >= 0.3 is 0 Å². The van der Waals surface area contributed by atoms with Crippen molar-refractivity contribution in [2.24, 2.45) is 11.3 Å². The minimum atomic E-state index is -0.952. The van der Waals surface area contributed by atoms with Gasteiger partial charge in [0, 0.05) is 5.56 Å². The second-order valence-electron chi connectivity index (χ2n) is 6.43. The van der Waals surface area contributed by atoms with Crippen molar-refractivity contribution in [2.75, 3.05) is 0 Å². The third kappa shape index (κ3) is 3.95. The SMILES string of the molecule is CC(C)Cc1cccc(C(=O)C(O)C(C)(C)C)c1. The van der Waals surface area contributed by atoms with Gasteiger partial charge in [-0.15, -0.1) is 0 Å². The summed E-state index contributed by atoms with van der Waals surface area (Å²) in [6, 6.07) is 7.60. The highest BCUT2D eigenvalue weighted by molar-refractivity contribution is 5.99. The summed E-state index contributed by atoms with van der Waals surface area (Å²) >= 11 is 0. The number of carbonyl (C=O) groups excluding carboxylic acids is 1. The monoisotopic (exact) mass is 248 g/mol. The molecule has 1 rings (SSSR count). The molecule has 0 radical (unpaired) electrons. The van der Waals surface area contributed by atoms with E-state index in [9.17, 15) is 9.90 Å². The Balaban J connectivity index is 2.93. The van der Waals surface area contributed by atoms with Crippen LogP contribution in [0.5, 0.6) is 0 Å². The lowest BCUT2D eigenvalue weighted by atomic mass is 9.84. The summed E-state index contributed by atoms with van der Waals surface area (Å²) < 4.78 is 0. The van der Waals surface area contributed by atoms with Crippen LogP contribution in [0.1, 0.15) is 50.5 Å². The standard InChI is InChI=1S/C16H24O2/c1-11(2)9-12-7-6-8-13(10-12)14(17)15(18)16(3,4)5/h6-8,10-11,15,18H,9H2,1-5H3. The van der Waals surface area contributed by atoms with Crippen LogP contribution in [0.2, 0.25) is 0 Å². The van der Waals surface area contributed by atoms with Gasteiger partial charge in [0.1, 0.15) is 6.10 Å². The molecule has 0 spiro atoms. The van der Waals surface area contributed by atoms with Gasteiger partial charge in [-0.05, 0) is 29.4 Å². The average molecular weight is 248 g/mol. The predicted octanol–water partition coefficient (Wildman–Crippen LogP) is 3.47. The fourth-order valence-electron chi connectivity index (χ4n) is 1.87. The van der Waals surface area contributed by atoms with E-state index in [0.717, 1.165) is 12.0 Å². The van der Waals surface area contributed by atoms with Gasteiger partial charge in [0.05, 0.1) is 0 Å². The Bertz CT molecular complexity index is 413. The zero-order chi connectivity index (χ0) is 13.9. The lowest BCUT2D eigenvalue weighted by molar-refractivity contribution is 0.0442. The van der Waals surface area contributed by atoms with Gasteiger partial charge < -0.3 is 5.11 Å². The number of aliphatic hydroxyl groups excluding tert-OH is 1. The van der Waals surface area contributed by atoms with Crippen LogP contribution in [0.25, 0.3) is 0 Å². The van der Waals surface area contributed by atoms with Crippen LogP contribution in [0, 0.1) is 11.3 Å². The molecule has 0 aliphatic rings. The molecule has 0 saturated heterocycles. The predicted molar refractivity (Wildman–Crippen MR) is 74.8 cm³/mol. The Labute approximate surface area is 110 Å². The quantitative estimate of drug-likeness (QED) is 0.828. The molecule has 1 aromatic carbocycles. The van der Waals surface area contributed by atoms with Crippen molar-refractivity contribution in [1.82, 2.24) is 0 Å². The van der Waals surface area contributed by atoms with Crippen molar-refractivity contribution in [3.63, 3.8) is 0 Å². The smallest absolute Gasteiger partial charge is 0.191 e. The minimum absolute atomic E-state index is 0.187. The number of Topliss-reactive ketones (excluding diaryl/α,β-unsaturated/α-hetero) is 1. The largest absolute Gasteiger partial charge is 0.384 e. The first-order valence-electron chi connectivity index (χ1n) is 6.53. The van der Waals surface area contributed by atoms with Gasteiger partial charge in [-0.25, -0.2) is 0 Å². The summed E-state index contributed by atoms with van der Waals surface area (Å²) in [5, 5.41) is 10.0. The molecule has 0 bridgehead atoms. The lowest BCUT2D eigenvalue weighted by Crippen LogP contribution is -2.34. The van der Waals surface area contributed by atoms with Crippen LogP contribution < -0.4 is 0 Å². The molecule has 0 amide bonds. The average Bonchev–Trinajstić information content (AvgIpc) is 2.25. The summed E-state index contributed by atoms with van der Waals surface area (Å²) in [4.78, 5) is 12.2. The van der Waals surface area contributed by atoms with E-state index in [1.165, 1.54) is 0 Å². The second-order valence-corrected chi connectivity index (χ2v) is 6.43. The van der Waals surface area contributed by atoms with Crippen molar-refractivity contribution in [2.45, 2.75) is 47.1 Å². The Morgan fingerprint density at radius 1 is 1.28 bits per heavy atom. The van der Waals surface area contributed by atoms with Crippen molar-refractivity contribution in [3.8, 4) is 0 Å². The van der Waals surface area contributed by atoms with Gasteiger partial charge in [-0.1, -0.05) is 52.8 Å². The lowest BCUT2D eigenvalue weighted by Gasteiger charge is -2.24. The molecular weight excluding hydrogens is 224 g/mol. The molecule has 0 fully saturated rings. The molecule has 0 aliphatic heterocycles. The number of aliphatic hydroxyl groups is 1. The van der Waals surface area contributed by atoms with Gasteiger partial charge in [-0.3, -0.25) is 4.79 Å². The van der Waals surface area contributed by atoms with Crippen LogP contribution in [-0.4, -0.2) is 17.0 Å². The summed E-state index contributed by atoms with van der Waals surface area (Å²) in [7, 11) is 0. The minimum Gasteiger partial charge on any atom is -0.384 e. The molecule has 18 heavy (non-hydrogen) atoms. The number of carbonyl (C=O) groups is 1. The number of hydrogen-bond acceptors (Lipinski definition) is 2. The highest BCUT2D eigenvalue weighted by Gasteiger charge is 2.29. The van der Waals surface area contributed by atoms with E-state index >= 15 is 0 Å². The summed E-state index contributed by atoms with van der Waals surface area (Å²) in [5.41, 5.74) is 1.33. The van der Waals surface area contributed by atoms with E-state index in [0.29, 0.717) is 11.5 Å². The first-order chi connectivity index (χ1) is 8.21. The van der Waals surface area contributed by atoms with Crippen molar-refractivity contribution in [3.05, 3.63) is 35.4 Å². The number of ketones is 1. The van der Waals surface area contributed by atoms with Crippen LogP contribution in [0.3, 0.4) is 0 Å². The highest BCUT2D eigenvalue weighted by atomic mass is 16.3. The normalized spacial score (nSPS) is 13.7. The summed E-state index contributed by atoms with van der Waals surface area (Å²) in [6.45, 7) is 9.91. The van der Waals surface area contributed by atoms with E-state index in [1.54, 1.807) is 6.07 Å². The maximum absolute atomic E-state index is 12.2. The third-order valence-corrected chi connectivity index (χ3v) is 2.92. The molecule has 2 heteroatoms. The molecule has 1 unspecified atom stereocenters. The van der Waals surface area contributed by atoms with Crippen LogP contribution in [-0.2, 0) is 6.42 Å². The van der Waals surface area contributed by atoms with Crippen molar-refractivity contribution < 1.29 is 9.90 Å². The van der Waals surface area contributed by atoms with Crippen LogP contribution >= 0.6 is 0 Å².